The number of oxazole rings is 1. The number of imidazole rings is 1. The van der Waals surface area contributed by atoms with Gasteiger partial charge in [-0.05, 0) is 25.8 Å². The summed E-state index contributed by atoms with van der Waals surface area (Å²) >= 11 is 0. The maximum atomic E-state index is 5.73. The van der Waals surface area contributed by atoms with Crippen molar-refractivity contribution in [1.82, 2.24) is 19.9 Å². The van der Waals surface area contributed by atoms with Crippen LogP contribution < -0.4 is 5.32 Å². The molecular formula is C13H18N4O. The Morgan fingerprint density at radius 3 is 3.06 bits per heavy atom. The molecule has 0 saturated heterocycles. The van der Waals surface area contributed by atoms with Crippen LogP contribution in [0.3, 0.4) is 0 Å². The van der Waals surface area contributed by atoms with E-state index in [1.165, 1.54) is 12.8 Å². The number of aryl methyl sites for hydroxylation is 2. The third kappa shape index (κ3) is 2.61. The lowest BCUT2D eigenvalue weighted by Gasteiger charge is -2.00. The maximum Gasteiger partial charge on any atom is 0.195 e. The molecule has 0 atom stereocenters. The largest absolute Gasteiger partial charge is 0.439 e. The van der Waals surface area contributed by atoms with Crippen molar-refractivity contribution in [1.29, 1.82) is 0 Å². The molecule has 2 aromatic heterocycles. The SMILES string of the molecule is Cn1cncc1-c1cnc(CCCNC2CC2)o1. The molecule has 1 N–H and O–H groups in total. The van der Waals surface area contributed by atoms with Gasteiger partial charge in [0.05, 0.1) is 18.7 Å². The molecule has 1 saturated carbocycles. The molecule has 0 bridgehead atoms. The van der Waals surface area contributed by atoms with Crippen LogP contribution in [-0.4, -0.2) is 27.1 Å². The van der Waals surface area contributed by atoms with Crippen LogP contribution in [0.15, 0.2) is 23.1 Å². The molecule has 5 heteroatoms. The van der Waals surface area contributed by atoms with Crippen molar-refractivity contribution in [3.05, 3.63) is 24.6 Å². The van der Waals surface area contributed by atoms with Crippen molar-refractivity contribution in [3.8, 4) is 11.5 Å². The van der Waals surface area contributed by atoms with E-state index in [0.717, 1.165) is 42.8 Å². The summed E-state index contributed by atoms with van der Waals surface area (Å²) in [7, 11) is 1.95. The molecule has 3 rings (SSSR count). The van der Waals surface area contributed by atoms with Gasteiger partial charge in [0, 0.05) is 19.5 Å². The van der Waals surface area contributed by atoms with Gasteiger partial charge in [-0.2, -0.15) is 0 Å². The Hall–Kier alpha value is -1.62. The molecule has 0 aromatic carbocycles. The van der Waals surface area contributed by atoms with Crippen LogP contribution in [0.5, 0.6) is 0 Å². The Kier molecular flexibility index (Phi) is 3.15. The molecule has 0 amide bonds. The fourth-order valence-corrected chi connectivity index (χ4v) is 1.97. The van der Waals surface area contributed by atoms with Crippen molar-refractivity contribution >= 4 is 0 Å². The van der Waals surface area contributed by atoms with Gasteiger partial charge >= 0.3 is 0 Å². The number of nitrogens with zero attached hydrogens (tertiary/aromatic N) is 3. The highest BCUT2D eigenvalue weighted by molar-refractivity contribution is 5.49. The highest BCUT2D eigenvalue weighted by atomic mass is 16.4. The molecule has 2 heterocycles. The monoisotopic (exact) mass is 246 g/mol. The summed E-state index contributed by atoms with van der Waals surface area (Å²) in [4.78, 5) is 8.38. The average Bonchev–Trinajstić information content (AvgIpc) is 2.90. The standard InChI is InChI=1S/C13H18N4O/c1-17-9-14-7-11(17)12-8-16-13(18-12)3-2-6-15-10-4-5-10/h7-10,15H,2-6H2,1H3. The Balaban J connectivity index is 1.54. The Labute approximate surface area is 106 Å². The molecule has 5 nitrogen and oxygen atoms in total. The first-order valence-electron chi connectivity index (χ1n) is 6.48. The molecule has 1 aliphatic carbocycles. The zero-order valence-corrected chi connectivity index (χ0v) is 10.6. The van der Waals surface area contributed by atoms with E-state index in [4.69, 9.17) is 4.42 Å². The fourth-order valence-electron chi connectivity index (χ4n) is 1.97. The van der Waals surface area contributed by atoms with Gasteiger partial charge in [-0.25, -0.2) is 9.97 Å². The first-order valence-corrected chi connectivity index (χ1v) is 6.48. The summed E-state index contributed by atoms with van der Waals surface area (Å²) in [5, 5.41) is 3.49. The van der Waals surface area contributed by atoms with E-state index < -0.39 is 0 Å². The molecule has 1 fully saturated rings. The Morgan fingerprint density at radius 2 is 2.33 bits per heavy atom. The molecule has 0 aliphatic heterocycles. The lowest BCUT2D eigenvalue weighted by atomic mass is 10.3. The van der Waals surface area contributed by atoms with Gasteiger partial charge in [0.1, 0.15) is 5.69 Å². The van der Waals surface area contributed by atoms with E-state index >= 15 is 0 Å². The Morgan fingerprint density at radius 1 is 1.44 bits per heavy atom. The molecule has 1 aliphatic rings. The second-order valence-corrected chi connectivity index (χ2v) is 4.84. The van der Waals surface area contributed by atoms with E-state index in [-0.39, 0.29) is 0 Å². The van der Waals surface area contributed by atoms with Gasteiger partial charge in [0.15, 0.2) is 11.7 Å². The molecule has 2 aromatic rings. The quantitative estimate of drug-likeness (QED) is 0.789. The summed E-state index contributed by atoms with van der Waals surface area (Å²) in [5.41, 5.74) is 0.963. The zero-order chi connectivity index (χ0) is 12.4. The minimum absolute atomic E-state index is 0.777. The summed E-state index contributed by atoms with van der Waals surface area (Å²) in [6.07, 6.45) is 9.96. The molecule has 0 unspecified atom stereocenters. The Bertz CT molecular complexity index is 513. The summed E-state index contributed by atoms with van der Waals surface area (Å²) in [6, 6.07) is 0.777. The third-order valence-electron chi connectivity index (χ3n) is 3.20. The second-order valence-electron chi connectivity index (χ2n) is 4.84. The van der Waals surface area contributed by atoms with Crippen LogP contribution in [0.4, 0.5) is 0 Å². The van der Waals surface area contributed by atoms with Crippen molar-refractivity contribution in [2.24, 2.45) is 7.05 Å². The topological polar surface area (TPSA) is 55.9 Å². The maximum absolute atomic E-state index is 5.73. The average molecular weight is 246 g/mol. The van der Waals surface area contributed by atoms with Crippen molar-refractivity contribution in [2.75, 3.05) is 6.54 Å². The van der Waals surface area contributed by atoms with Gasteiger partial charge in [-0.3, -0.25) is 0 Å². The minimum Gasteiger partial charge on any atom is -0.439 e. The molecule has 18 heavy (non-hydrogen) atoms. The van der Waals surface area contributed by atoms with E-state index in [0.29, 0.717) is 0 Å². The minimum atomic E-state index is 0.777. The van der Waals surface area contributed by atoms with E-state index in [1.807, 2.05) is 11.6 Å². The van der Waals surface area contributed by atoms with Crippen LogP contribution in [0.1, 0.15) is 25.2 Å². The lowest BCUT2D eigenvalue weighted by Crippen LogP contribution is -2.17. The smallest absolute Gasteiger partial charge is 0.195 e. The van der Waals surface area contributed by atoms with E-state index in [2.05, 4.69) is 15.3 Å². The summed E-state index contributed by atoms with van der Waals surface area (Å²) < 4.78 is 7.66. The van der Waals surface area contributed by atoms with Gasteiger partial charge in [-0.1, -0.05) is 0 Å². The van der Waals surface area contributed by atoms with Gasteiger partial charge in [0.25, 0.3) is 0 Å². The summed E-state index contributed by atoms with van der Waals surface area (Å²) in [6.45, 7) is 1.05. The van der Waals surface area contributed by atoms with Gasteiger partial charge < -0.3 is 14.3 Å². The number of hydrogen-bond donors (Lipinski definition) is 1. The number of nitrogens with one attached hydrogen (secondary N) is 1. The number of aromatic nitrogens is 3. The van der Waals surface area contributed by atoms with Crippen molar-refractivity contribution < 1.29 is 4.42 Å². The van der Waals surface area contributed by atoms with E-state index in [9.17, 15) is 0 Å². The number of rotatable bonds is 6. The normalized spacial score (nSPS) is 15.2. The fraction of sp³-hybridized carbons (Fsp3) is 0.538. The van der Waals surface area contributed by atoms with Crippen molar-refractivity contribution in [2.45, 2.75) is 31.7 Å². The highest BCUT2D eigenvalue weighted by Gasteiger charge is 2.19. The molecule has 0 radical (unpaired) electrons. The zero-order valence-electron chi connectivity index (χ0n) is 10.6. The van der Waals surface area contributed by atoms with Crippen LogP contribution >= 0.6 is 0 Å². The first kappa shape index (κ1) is 11.5. The molecule has 0 spiro atoms. The van der Waals surface area contributed by atoms with Crippen LogP contribution in [-0.2, 0) is 13.5 Å². The van der Waals surface area contributed by atoms with E-state index in [1.54, 1.807) is 18.7 Å². The highest BCUT2D eigenvalue weighted by Crippen LogP contribution is 2.20. The number of hydrogen-bond acceptors (Lipinski definition) is 4. The third-order valence-corrected chi connectivity index (χ3v) is 3.20. The summed E-state index contributed by atoms with van der Waals surface area (Å²) in [5.74, 6) is 1.60. The molecule has 96 valence electrons. The van der Waals surface area contributed by atoms with Gasteiger partial charge in [-0.15, -0.1) is 0 Å². The van der Waals surface area contributed by atoms with Crippen LogP contribution in [0.2, 0.25) is 0 Å². The van der Waals surface area contributed by atoms with Crippen LogP contribution in [0.25, 0.3) is 11.5 Å². The van der Waals surface area contributed by atoms with Crippen LogP contribution in [0, 0.1) is 0 Å². The second kappa shape index (κ2) is 4.94. The van der Waals surface area contributed by atoms with Gasteiger partial charge in [0.2, 0.25) is 0 Å². The predicted molar refractivity (Wildman–Crippen MR) is 68.1 cm³/mol. The lowest BCUT2D eigenvalue weighted by molar-refractivity contribution is 0.489. The predicted octanol–water partition coefficient (Wildman–Crippen LogP) is 1.76. The van der Waals surface area contributed by atoms with Crippen molar-refractivity contribution in [3.63, 3.8) is 0 Å². The first-order chi connectivity index (χ1) is 8.83. The molecular weight excluding hydrogens is 228 g/mol.